The van der Waals surface area contributed by atoms with Crippen LogP contribution in [0.4, 0.5) is 11.9 Å². The molecule has 0 bridgehead atoms. The Labute approximate surface area is 166 Å². The van der Waals surface area contributed by atoms with Crippen LogP contribution in [0.25, 0.3) is 11.2 Å². The molecule has 0 spiro atoms. The fourth-order valence-electron chi connectivity index (χ4n) is 3.98. The molecule has 2 aliphatic heterocycles. The van der Waals surface area contributed by atoms with Crippen molar-refractivity contribution in [3.63, 3.8) is 0 Å². The van der Waals surface area contributed by atoms with Gasteiger partial charge in [-0.2, -0.15) is 4.98 Å². The molecule has 2 aliphatic rings. The molecule has 0 unspecified atom stereocenters. The van der Waals surface area contributed by atoms with Crippen molar-refractivity contribution >= 4 is 23.1 Å². The van der Waals surface area contributed by atoms with E-state index in [1.807, 2.05) is 4.90 Å². The van der Waals surface area contributed by atoms with Crippen molar-refractivity contribution < 1.29 is 20.1 Å². The first-order chi connectivity index (χ1) is 13.8. The normalized spacial score (nSPS) is 28.7. The van der Waals surface area contributed by atoms with Gasteiger partial charge in [-0.25, -0.2) is 4.98 Å². The predicted molar refractivity (Wildman–Crippen MR) is 104 cm³/mol. The quantitative estimate of drug-likeness (QED) is 0.375. The van der Waals surface area contributed by atoms with E-state index < -0.39 is 36.7 Å². The Morgan fingerprint density at radius 1 is 1.21 bits per heavy atom. The zero-order chi connectivity index (χ0) is 20.9. The number of rotatable bonds is 4. The van der Waals surface area contributed by atoms with E-state index in [1.54, 1.807) is 0 Å². The van der Waals surface area contributed by atoms with Crippen LogP contribution in [0, 0.1) is 0 Å². The monoisotopic (exact) mass is 409 g/mol. The second-order valence-electron chi connectivity index (χ2n) is 7.75. The van der Waals surface area contributed by atoms with Crippen LogP contribution in [0.1, 0.15) is 20.1 Å². The first-order valence-corrected chi connectivity index (χ1v) is 9.71. The third kappa shape index (κ3) is 3.36. The average Bonchev–Trinajstić information content (AvgIpc) is 3.20. The van der Waals surface area contributed by atoms with Gasteiger partial charge in [-0.1, -0.05) is 0 Å². The van der Waals surface area contributed by atoms with Gasteiger partial charge in [-0.3, -0.25) is 19.2 Å². The first kappa shape index (κ1) is 20.0. The highest BCUT2D eigenvalue weighted by molar-refractivity contribution is 5.75. The summed E-state index contributed by atoms with van der Waals surface area (Å²) in [5, 5.41) is 30.2. The molecule has 0 aromatic carbocycles. The summed E-state index contributed by atoms with van der Waals surface area (Å²) in [6.45, 7) is 6.74. The smallest absolute Gasteiger partial charge is 0.280 e. The number of aliphatic hydroxyl groups excluding tert-OH is 3. The summed E-state index contributed by atoms with van der Waals surface area (Å²) in [5.74, 6) is 0.313. The third-order valence-electron chi connectivity index (χ3n) is 5.65. The number of hydrogen-bond acceptors (Lipinski definition) is 10. The molecule has 4 heterocycles. The number of hydrogen-bond donors (Lipinski definition) is 5. The highest BCUT2D eigenvalue weighted by Gasteiger charge is 2.45. The number of piperazine rings is 1. The van der Waals surface area contributed by atoms with Gasteiger partial charge >= 0.3 is 0 Å². The number of nitrogens with one attached hydrogen (secondary N) is 1. The molecule has 2 aromatic heterocycles. The summed E-state index contributed by atoms with van der Waals surface area (Å²) in [7, 11) is 0. The Morgan fingerprint density at radius 3 is 2.48 bits per heavy atom. The second-order valence-corrected chi connectivity index (χ2v) is 7.75. The van der Waals surface area contributed by atoms with Gasteiger partial charge < -0.3 is 30.7 Å². The Hall–Kier alpha value is -2.25. The molecular weight excluding hydrogens is 382 g/mol. The summed E-state index contributed by atoms with van der Waals surface area (Å²) in [6, 6.07) is 0.417. The minimum atomic E-state index is -1.33. The Morgan fingerprint density at radius 2 is 1.90 bits per heavy atom. The molecule has 4 atom stereocenters. The number of imidazole rings is 1. The maximum absolute atomic E-state index is 12.4. The number of H-pyrrole nitrogens is 1. The van der Waals surface area contributed by atoms with E-state index in [1.165, 1.54) is 4.57 Å². The number of aromatic nitrogens is 4. The molecule has 4 rings (SSSR count). The number of nitrogens with zero attached hydrogens (tertiary/aromatic N) is 5. The van der Waals surface area contributed by atoms with Gasteiger partial charge in [-0.05, 0) is 13.8 Å². The van der Waals surface area contributed by atoms with Gasteiger partial charge in [0.15, 0.2) is 17.4 Å². The molecule has 29 heavy (non-hydrogen) atoms. The van der Waals surface area contributed by atoms with E-state index in [-0.39, 0.29) is 17.1 Å². The minimum absolute atomic E-state index is 0.0678. The predicted octanol–water partition coefficient (Wildman–Crippen LogP) is -2.16. The molecule has 2 aromatic rings. The molecule has 12 heteroatoms. The highest BCUT2D eigenvalue weighted by atomic mass is 16.6. The van der Waals surface area contributed by atoms with Crippen LogP contribution in [0.5, 0.6) is 0 Å². The van der Waals surface area contributed by atoms with E-state index in [2.05, 4.69) is 33.7 Å². The zero-order valence-corrected chi connectivity index (χ0v) is 16.4. The number of aliphatic hydroxyl groups is 3. The van der Waals surface area contributed by atoms with Gasteiger partial charge in [-0.15, -0.1) is 0 Å². The third-order valence-corrected chi connectivity index (χ3v) is 5.65. The number of anilines is 2. The topological polar surface area (TPSA) is 166 Å². The van der Waals surface area contributed by atoms with Crippen LogP contribution < -0.4 is 16.2 Å². The average molecular weight is 409 g/mol. The van der Waals surface area contributed by atoms with Crippen molar-refractivity contribution in [1.29, 1.82) is 0 Å². The lowest BCUT2D eigenvalue weighted by Crippen LogP contribution is -2.49. The van der Waals surface area contributed by atoms with E-state index >= 15 is 0 Å². The first-order valence-electron chi connectivity index (χ1n) is 9.71. The van der Waals surface area contributed by atoms with Gasteiger partial charge in [0.25, 0.3) is 5.56 Å². The van der Waals surface area contributed by atoms with Crippen molar-refractivity contribution in [3.05, 3.63) is 10.4 Å². The van der Waals surface area contributed by atoms with Gasteiger partial charge in [0.2, 0.25) is 11.9 Å². The highest BCUT2D eigenvalue weighted by Crippen LogP contribution is 2.35. The van der Waals surface area contributed by atoms with Crippen molar-refractivity contribution in [1.82, 2.24) is 24.4 Å². The number of ether oxygens (including phenoxy) is 1. The van der Waals surface area contributed by atoms with E-state index in [9.17, 15) is 20.1 Å². The van der Waals surface area contributed by atoms with E-state index in [0.717, 1.165) is 13.1 Å². The number of nitrogens with two attached hydrogens (primary N) is 1. The summed E-state index contributed by atoms with van der Waals surface area (Å²) < 4.78 is 7.20. The molecular formula is C17H27N7O5. The number of fused-ring (bicyclic) bond motifs is 1. The van der Waals surface area contributed by atoms with Crippen molar-refractivity contribution in [3.8, 4) is 0 Å². The summed E-state index contributed by atoms with van der Waals surface area (Å²) >= 11 is 0. The largest absolute Gasteiger partial charge is 0.394 e. The number of aromatic amines is 1. The Kier molecular flexibility index (Phi) is 5.21. The van der Waals surface area contributed by atoms with Crippen molar-refractivity contribution in [2.45, 2.75) is 44.4 Å². The zero-order valence-electron chi connectivity index (χ0n) is 16.4. The lowest BCUT2D eigenvalue weighted by Gasteiger charge is -2.38. The minimum Gasteiger partial charge on any atom is -0.394 e. The summed E-state index contributed by atoms with van der Waals surface area (Å²) in [5.41, 5.74) is 5.45. The molecule has 12 nitrogen and oxygen atoms in total. The molecule has 160 valence electrons. The lowest BCUT2D eigenvalue weighted by atomic mass is 10.1. The number of nitrogen functional groups attached to an aromatic ring is 1. The van der Waals surface area contributed by atoms with E-state index in [4.69, 9.17) is 10.5 Å². The fourth-order valence-corrected chi connectivity index (χ4v) is 3.98. The van der Waals surface area contributed by atoms with Crippen LogP contribution >= 0.6 is 0 Å². The molecule has 6 N–H and O–H groups in total. The molecule has 2 fully saturated rings. The Bertz CT molecular complexity index is 936. The van der Waals surface area contributed by atoms with Crippen LogP contribution in [0.2, 0.25) is 0 Å². The van der Waals surface area contributed by atoms with Crippen LogP contribution in [0.15, 0.2) is 4.79 Å². The molecule has 2 saturated heterocycles. The van der Waals surface area contributed by atoms with Gasteiger partial charge in [0.05, 0.1) is 6.61 Å². The maximum atomic E-state index is 12.4. The molecule has 0 radical (unpaired) electrons. The summed E-state index contributed by atoms with van der Waals surface area (Å²) in [4.78, 5) is 27.8. The second kappa shape index (κ2) is 7.54. The van der Waals surface area contributed by atoms with Crippen LogP contribution in [-0.4, -0.2) is 96.9 Å². The van der Waals surface area contributed by atoms with Gasteiger partial charge in [0, 0.05) is 32.2 Å². The van der Waals surface area contributed by atoms with E-state index in [0.29, 0.717) is 25.1 Å². The molecule has 0 saturated carbocycles. The fraction of sp³-hybridized carbons (Fsp3) is 0.706. The van der Waals surface area contributed by atoms with Crippen molar-refractivity contribution in [2.75, 3.05) is 43.4 Å². The standard InChI is InChI=1S/C17H27N7O5/c1-8(2)22-3-5-23(6-4-22)17-19-10-13(20-16(18)21-14(10)28)24(17)15-12(27)11(26)9(7-25)29-15/h8-9,11-12,15,25-27H,3-7H2,1-2H3,(H3,18,20,21,28)/t9-,11+,12+,15-/m1/s1. The lowest BCUT2D eigenvalue weighted by molar-refractivity contribution is -0.0505. The van der Waals surface area contributed by atoms with Crippen LogP contribution in [0.3, 0.4) is 0 Å². The van der Waals surface area contributed by atoms with Gasteiger partial charge in [0.1, 0.15) is 18.3 Å². The SMILES string of the molecule is CC(C)N1CCN(c2nc3c(=O)[nH]c(N)nc3n2[C@@H]2O[C@H](CO)[C@H](O)[C@@H]2O)CC1. The molecule has 0 amide bonds. The molecule has 0 aliphatic carbocycles. The van der Waals surface area contributed by atoms with Crippen LogP contribution in [-0.2, 0) is 4.74 Å². The Balaban J connectivity index is 1.79. The van der Waals surface area contributed by atoms with Crippen molar-refractivity contribution in [2.24, 2.45) is 0 Å². The summed E-state index contributed by atoms with van der Waals surface area (Å²) in [6.07, 6.45) is -4.65. The maximum Gasteiger partial charge on any atom is 0.280 e.